The number of nitrogens with one attached hydrogen (secondary N) is 1. The summed E-state index contributed by atoms with van der Waals surface area (Å²) in [5.41, 5.74) is -3.97. The minimum Gasteiger partial charge on any atom is -0.501 e. The minimum atomic E-state index is -4.96. The lowest BCUT2D eigenvalue weighted by molar-refractivity contribution is -0.0471. The lowest BCUT2D eigenvalue weighted by atomic mass is 9.96. The molecule has 1 aliphatic rings. The average molecular weight is 326 g/mol. The van der Waals surface area contributed by atoms with E-state index in [4.69, 9.17) is 4.74 Å². The first-order valence-corrected chi connectivity index (χ1v) is 7.22. The number of hydrogen-bond acceptors (Lipinski definition) is 5. The zero-order chi connectivity index (χ0) is 16.0. The molecule has 0 amide bonds. The van der Waals surface area contributed by atoms with Crippen LogP contribution in [0.25, 0.3) is 0 Å². The van der Waals surface area contributed by atoms with Gasteiger partial charge in [-0.3, -0.25) is 4.28 Å². The summed E-state index contributed by atoms with van der Waals surface area (Å²) < 4.78 is 56.5. The van der Waals surface area contributed by atoms with Crippen LogP contribution in [0.5, 0.6) is 0 Å². The van der Waals surface area contributed by atoms with Gasteiger partial charge in [-0.15, -0.1) is 0 Å². The second kappa shape index (κ2) is 7.60. The van der Waals surface area contributed by atoms with Crippen molar-refractivity contribution in [1.29, 1.82) is 0 Å². The van der Waals surface area contributed by atoms with E-state index in [0.29, 0.717) is 18.4 Å². The molecule has 9 heteroatoms. The first-order chi connectivity index (χ1) is 9.79. The van der Waals surface area contributed by atoms with E-state index < -0.39 is 16.6 Å². The Kier molecular flexibility index (Phi) is 6.41. The molecule has 0 aliphatic heterocycles. The van der Waals surface area contributed by atoms with Crippen molar-refractivity contribution in [2.24, 2.45) is 5.16 Å². The van der Waals surface area contributed by atoms with Crippen LogP contribution >= 0.6 is 0 Å². The second-order valence-electron chi connectivity index (χ2n) is 4.27. The molecule has 0 saturated carbocycles. The molecule has 0 bridgehead atoms. The van der Waals surface area contributed by atoms with Crippen LogP contribution in [0, 0.1) is 0 Å². The smallest absolute Gasteiger partial charge is 0.501 e. The summed E-state index contributed by atoms with van der Waals surface area (Å²) in [7, 11) is 3.19. The summed E-state index contributed by atoms with van der Waals surface area (Å²) in [6.07, 6.45) is 4.58. The highest BCUT2D eigenvalue weighted by Crippen LogP contribution is 2.23. The van der Waals surface area contributed by atoms with Gasteiger partial charge >= 0.3 is 16.6 Å². The third kappa shape index (κ3) is 5.16. The van der Waals surface area contributed by atoms with Crippen molar-refractivity contribution in [1.82, 2.24) is 5.32 Å². The van der Waals surface area contributed by atoms with E-state index in [2.05, 4.69) is 14.8 Å². The molecule has 0 heterocycles. The predicted octanol–water partition coefficient (Wildman–Crippen LogP) is 2.40. The SMILES string of the molecule is CN[C@H](C)/C(=N\OS(=O)C(F)(F)F)C1=CC=C(OC)CC1. The Bertz CT molecular complexity index is 487. The van der Waals surface area contributed by atoms with Gasteiger partial charge in [-0.1, -0.05) is 11.2 Å². The molecule has 0 aromatic heterocycles. The van der Waals surface area contributed by atoms with Crippen LogP contribution in [-0.2, 0) is 20.1 Å². The molecule has 0 spiro atoms. The Balaban J connectivity index is 2.95. The highest BCUT2D eigenvalue weighted by molar-refractivity contribution is 7.81. The van der Waals surface area contributed by atoms with Crippen molar-refractivity contribution >= 4 is 16.8 Å². The zero-order valence-corrected chi connectivity index (χ0v) is 12.7. The molecular formula is C12H17F3N2O3S. The van der Waals surface area contributed by atoms with Crippen LogP contribution in [0.1, 0.15) is 19.8 Å². The summed E-state index contributed by atoms with van der Waals surface area (Å²) in [5, 5.41) is 6.30. The van der Waals surface area contributed by atoms with Crippen molar-refractivity contribution in [3.63, 3.8) is 0 Å². The van der Waals surface area contributed by atoms with E-state index in [-0.39, 0.29) is 11.8 Å². The van der Waals surface area contributed by atoms with Gasteiger partial charge in [-0.05, 0) is 32.0 Å². The number of nitrogens with zero attached hydrogens (tertiary/aromatic N) is 1. The highest BCUT2D eigenvalue weighted by Gasteiger charge is 2.40. The third-order valence-electron chi connectivity index (χ3n) is 2.94. The van der Waals surface area contributed by atoms with Crippen molar-refractivity contribution in [2.75, 3.05) is 14.2 Å². The molecule has 0 aromatic rings. The van der Waals surface area contributed by atoms with E-state index in [1.165, 1.54) is 0 Å². The largest absolute Gasteiger partial charge is 0.510 e. The van der Waals surface area contributed by atoms with Gasteiger partial charge in [-0.2, -0.15) is 13.2 Å². The average Bonchev–Trinajstić information content (AvgIpc) is 2.46. The Labute approximate surface area is 123 Å². The van der Waals surface area contributed by atoms with E-state index in [1.807, 2.05) is 0 Å². The number of allylic oxidation sites excluding steroid dienone is 3. The first kappa shape index (κ1) is 17.7. The third-order valence-corrected chi connectivity index (χ3v) is 3.53. The van der Waals surface area contributed by atoms with Crippen LogP contribution in [0.4, 0.5) is 13.2 Å². The highest BCUT2D eigenvalue weighted by atomic mass is 32.2. The molecule has 1 rings (SSSR count). The van der Waals surface area contributed by atoms with Gasteiger partial charge in [0, 0.05) is 6.42 Å². The number of methoxy groups -OCH3 is 1. The van der Waals surface area contributed by atoms with Crippen molar-refractivity contribution in [3.05, 3.63) is 23.5 Å². The molecule has 2 atom stereocenters. The Hall–Kier alpha value is -1.35. The minimum absolute atomic E-state index is 0.279. The molecule has 0 aromatic carbocycles. The molecule has 0 fully saturated rings. The number of rotatable bonds is 6. The summed E-state index contributed by atoms with van der Waals surface area (Å²) in [6, 6.07) is -0.348. The number of alkyl halides is 3. The summed E-state index contributed by atoms with van der Waals surface area (Å²) in [5.74, 6) is 0.773. The zero-order valence-electron chi connectivity index (χ0n) is 11.9. The summed E-state index contributed by atoms with van der Waals surface area (Å²) in [6.45, 7) is 1.72. The molecular weight excluding hydrogens is 309 g/mol. The predicted molar refractivity (Wildman–Crippen MR) is 73.6 cm³/mol. The van der Waals surface area contributed by atoms with Crippen LogP contribution in [0.15, 0.2) is 28.6 Å². The lowest BCUT2D eigenvalue weighted by Gasteiger charge is -2.19. The maximum absolute atomic E-state index is 12.2. The lowest BCUT2D eigenvalue weighted by Crippen LogP contribution is -2.33. The first-order valence-electron chi connectivity index (χ1n) is 6.15. The van der Waals surface area contributed by atoms with Crippen LogP contribution in [0.3, 0.4) is 0 Å². The van der Waals surface area contributed by atoms with E-state index in [0.717, 1.165) is 5.76 Å². The monoisotopic (exact) mass is 326 g/mol. The van der Waals surface area contributed by atoms with Gasteiger partial charge in [0.25, 0.3) is 0 Å². The molecule has 21 heavy (non-hydrogen) atoms. The molecule has 1 unspecified atom stereocenters. The second-order valence-corrected chi connectivity index (χ2v) is 5.35. The van der Waals surface area contributed by atoms with Crippen LogP contribution < -0.4 is 5.32 Å². The fraction of sp³-hybridized carbons (Fsp3) is 0.583. The fourth-order valence-electron chi connectivity index (χ4n) is 1.67. The number of hydrogen-bond donors (Lipinski definition) is 1. The maximum Gasteiger partial charge on any atom is 0.510 e. The van der Waals surface area contributed by atoms with E-state index in [1.54, 1.807) is 33.2 Å². The van der Waals surface area contributed by atoms with Gasteiger partial charge < -0.3 is 10.1 Å². The van der Waals surface area contributed by atoms with Gasteiger partial charge in [0.05, 0.1) is 18.9 Å². The standard InChI is InChI=1S/C12H17F3N2O3S/c1-8(16-2)11(17-20-21(18)12(13,14)15)9-4-6-10(19-3)7-5-9/h4,6,8,16H,5,7H2,1-3H3/b17-11+/t8-,21?/m1/s1. The van der Waals surface area contributed by atoms with Gasteiger partial charge in [0.2, 0.25) is 0 Å². The molecule has 1 aliphatic carbocycles. The molecule has 0 radical (unpaired) electrons. The fourth-order valence-corrected chi connectivity index (χ4v) is 1.90. The van der Waals surface area contributed by atoms with Crippen molar-refractivity contribution in [2.45, 2.75) is 31.3 Å². The number of ether oxygens (including phenoxy) is 1. The van der Waals surface area contributed by atoms with Crippen molar-refractivity contribution in [3.8, 4) is 0 Å². The van der Waals surface area contributed by atoms with Crippen molar-refractivity contribution < 1.29 is 26.4 Å². The molecule has 0 saturated heterocycles. The summed E-state index contributed by atoms with van der Waals surface area (Å²) >= 11 is -3.47. The number of oxime groups is 1. The van der Waals surface area contributed by atoms with E-state index in [9.17, 15) is 17.4 Å². The molecule has 1 N–H and O–H groups in total. The normalized spacial score (nSPS) is 19.4. The topological polar surface area (TPSA) is 59.9 Å². The van der Waals surface area contributed by atoms with Gasteiger partial charge in [0.15, 0.2) is 0 Å². The maximum atomic E-state index is 12.2. The van der Waals surface area contributed by atoms with Crippen LogP contribution in [0.2, 0.25) is 0 Å². The van der Waals surface area contributed by atoms with Gasteiger partial charge in [-0.25, -0.2) is 4.21 Å². The van der Waals surface area contributed by atoms with E-state index >= 15 is 0 Å². The summed E-state index contributed by atoms with van der Waals surface area (Å²) in [4.78, 5) is 0. The molecule has 5 nitrogen and oxygen atoms in total. The Morgan fingerprint density at radius 2 is 2.10 bits per heavy atom. The van der Waals surface area contributed by atoms with Gasteiger partial charge in [0.1, 0.15) is 5.71 Å². The Morgan fingerprint density at radius 3 is 2.52 bits per heavy atom. The quantitative estimate of drug-likeness (QED) is 0.601. The Morgan fingerprint density at radius 1 is 1.43 bits per heavy atom. The number of halogens is 3. The van der Waals surface area contributed by atoms with Crippen LogP contribution in [-0.4, -0.2) is 35.6 Å². The molecule has 120 valence electrons.